The summed E-state index contributed by atoms with van der Waals surface area (Å²) in [5.74, 6) is -1.27. The standard InChI is InChI=1S/C14H19NO4S/c1-10-3-4-13(11(2)9-10)20(18,19)15-7-5-12(6-8-15)14(16)17/h3-4,9,12H,5-8H2,1-2H3,(H,16,17). The van der Waals surface area contributed by atoms with Gasteiger partial charge >= 0.3 is 5.97 Å². The molecule has 0 unspecified atom stereocenters. The molecule has 0 radical (unpaired) electrons. The summed E-state index contributed by atoms with van der Waals surface area (Å²) in [5.41, 5.74) is 1.75. The van der Waals surface area contributed by atoms with E-state index in [2.05, 4.69) is 0 Å². The number of piperidine rings is 1. The lowest BCUT2D eigenvalue weighted by atomic mass is 9.99. The first kappa shape index (κ1) is 15.0. The third kappa shape index (κ3) is 2.86. The number of carboxylic acids is 1. The predicted molar refractivity (Wildman–Crippen MR) is 75.0 cm³/mol. The van der Waals surface area contributed by atoms with Crippen LogP contribution in [0.5, 0.6) is 0 Å². The van der Waals surface area contributed by atoms with Gasteiger partial charge in [0, 0.05) is 13.1 Å². The molecule has 6 heteroatoms. The number of hydrogen-bond donors (Lipinski definition) is 1. The smallest absolute Gasteiger partial charge is 0.306 e. The van der Waals surface area contributed by atoms with Gasteiger partial charge in [0.15, 0.2) is 0 Å². The Kier molecular flexibility index (Phi) is 4.15. The first-order valence-electron chi connectivity index (χ1n) is 6.62. The van der Waals surface area contributed by atoms with Gasteiger partial charge in [0.1, 0.15) is 0 Å². The Hall–Kier alpha value is -1.40. The highest BCUT2D eigenvalue weighted by atomic mass is 32.2. The van der Waals surface area contributed by atoms with Gasteiger partial charge in [0.2, 0.25) is 10.0 Å². The van der Waals surface area contributed by atoms with Gasteiger partial charge < -0.3 is 5.11 Å². The lowest BCUT2D eigenvalue weighted by molar-refractivity contribution is -0.142. The minimum atomic E-state index is -3.52. The molecule has 0 aliphatic carbocycles. The van der Waals surface area contributed by atoms with Crippen LogP contribution in [-0.2, 0) is 14.8 Å². The zero-order chi connectivity index (χ0) is 14.9. The van der Waals surface area contributed by atoms with E-state index in [-0.39, 0.29) is 13.1 Å². The molecule has 5 nitrogen and oxygen atoms in total. The van der Waals surface area contributed by atoms with Crippen molar-refractivity contribution in [1.82, 2.24) is 4.31 Å². The molecule has 1 fully saturated rings. The second-order valence-corrected chi connectivity index (χ2v) is 7.19. The van der Waals surface area contributed by atoms with Gasteiger partial charge in [-0.1, -0.05) is 17.7 Å². The molecular formula is C14H19NO4S. The molecule has 1 aromatic carbocycles. The van der Waals surface area contributed by atoms with Crippen molar-refractivity contribution in [1.29, 1.82) is 0 Å². The fourth-order valence-corrected chi connectivity index (χ4v) is 4.25. The van der Waals surface area contributed by atoms with Crippen LogP contribution in [0.2, 0.25) is 0 Å². The van der Waals surface area contributed by atoms with Crippen LogP contribution in [0, 0.1) is 19.8 Å². The van der Waals surface area contributed by atoms with Crippen LogP contribution in [0.3, 0.4) is 0 Å². The summed E-state index contributed by atoms with van der Waals surface area (Å²) in [7, 11) is -3.52. The molecule has 1 aliphatic rings. The normalized spacial score (nSPS) is 18.1. The zero-order valence-electron chi connectivity index (χ0n) is 11.7. The second kappa shape index (κ2) is 5.54. The Morgan fingerprint density at radius 1 is 1.25 bits per heavy atom. The quantitative estimate of drug-likeness (QED) is 0.923. The SMILES string of the molecule is Cc1ccc(S(=O)(=O)N2CCC(C(=O)O)CC2)c(C)c1. The number of rotatable bonds is 3. The molecule has 0 aromatic heterocycles. The molecule has 1 aromatic rings. The number of hydrogen-bond acceptors (Lipinski definition) is 3. The third-order valence-corrected chi connectivity index (χ3v) is 5.81. The first-order valence-corrected chi connectivity index (χ1v) is 8.06. The van der Waals surface area contributed by atoms with Gasteiger partial charge in [0.25, 0.3) is 0 Å². The summed E-state index contributed by atoms with van der Waals surface area (Å²) < 4.78 is 26.5. The number of benzene rings is 1. The van der Waals surface area contributed by atoms with Crippen molar-refractivity contribution in [3.63, 3.8) is 0 Å². The lowest BCUT2D eigenvalue weighted by Crippen LogP contribution is -2.40. The monoisotopic (exact) mass is 297 g/mol. The van der Waals surface area contributed by atoms with Crippen molar-refractivity contribution in [3.05, 3.63) is 29.3 Å². The van der Waals surface area contributed by atoms with Crippen molar-refractivity contribution in [3.8, 4) is 0 Å². The van der Waals surface area contributed by atoms with Gasteiger partial charge in [-0.25, -0.2) is 8.42 Å². The maximum atomic E-state index is 12.6. The Labute approximate surface area is 119 Å². The number of sulfonamides is 1. The summed E-state index contributed by atoms with van der Waals surface area (Å²) in [5, 5.41) is 8.95. The summed E-state index contributed by atoms with van der Waals surface area (Å²) in [4.78, 5) is 11.2. The van der Waals surface area contributed by atoms with Crippen molar-refractivity contribution in [2.75, 3.05) is 13.1 Å². The maximum Gasteiger partial charge on any atom is 0.306 e. The van der Waals surface area contributed by atoms with Crippen molar-refractivity contribution >= 4 is 16.0 Å². The molecule has 0 atom stereocenters. The summed E-state index contributed by atoms with van der Waals surface area (Å²) in [6.45, 7) is 4.24. The summed E-state index contributed by atoms with van der Waals surface area (Å²) in [6.07, 6.45) is 0.749. The fourth-order valence-electron chi connectivity index (χ4n) is 2.57. The van der Waals surface area contributed by atoms with E-state index in [0.717, 1.165) is 11.1 Å². The number of nitrogens with zero attached hydrogens (tertiary/aromatic N) is 1. The predicted octanol–water partition coefficient (Wildman–Crippen LogP) is 1.79. The first-order chi connectivity index (χ1) is 9.32. The number of carboxylic acid groups (broad SMARTS) is 1. The second-order valence-electron chi connectivity index (χ2n) is 5.29. The van der Waals surface area contributed by atoms with Gasteiger partial charge in [-0.15, -0.1) is 0 Å². The Morgan fingerprint density at radius 2 is 1.85 bits per heavy atom. The largest absolute Gasteiger partial charge is 0.481 e. The average Bonchev–Trinajstić information content (AvgIpc) is 2.38. The van der Waals surface area contributed by atoms with E-state index in [1.807, 2.05) is 13.0 Å². The molecule has 0 spiro atoms. The maximum absolute atomic E-state index is 12.6. The number of aryl methyl sites for hydroxylation is 2. The topological polar surface area (TPSA) is 74.7 Å². The van der Waals surface area contributed by atoms with E-state index in [0.29, 0.717) is 17.7 Å². The van der Waals surface area contributed by atoms with Gasteiger partial charge in [-0.3, -0.25) is 4.79 Å². The van der Waals surface area contributed by atoms with E-state index in [1.165, 1.54) is 4.31 Å². The summed E-state index contributed by atoms with van der Waals surface area (Å²) >= 11 is 0. The van der Waals surface area contributed by atoms with E-state index in [9.17, 15) is 13.2 Å². The fraction of sp³-hybridized carbons (Fsp3) is 0.500. The van der Waals surface area contributed by atoms with Crippen LogP contribution in [-0.4, -0.2) is 36.9 Å². The average molecular weight is 297 g/mol. The summed E-state index contributed by atoms with van der Waals surface area (Å²) in [6, 6.07) is 5.25. The number of carbonyl (C=O) groups is 1. The van der Waals surface area contributed by atoms with Crippen LogP contribution in [0.25, 0.3) is 0 Å². The number of aliphatic carboxylic acids is 1. The molecule has 1 N–H and O–H groups in total. The Bertz CT molecular complexity index is 616. The van der Waals surface area contributed by atoms with Gasteiger partial charge in [0.05, 0.1) is 10.8 Å². The molecular weight excluding hydrogens is 278 g/mol. The minimum Gasteiger partial charge on any atom is -0.481 e. The minimum absolute atomic E-state index is 0.270. The Balaban J connectivity index is 2.22. The molecule has 110 valence electrons. The highest BCUT2D eigenvalue weighted by molar-refractivity contribution is 7.89. The molecule has 1 heterocycles. The molecule has 1 aliphatic heterocycles. The van der Waals surface area contributed by atoms with E-state index >= 15 is 0 Å². The van der Waals surface area contributed by atoms with Gasteiger partial charge in [-0.05, 0) is 38.3 Å². The molecule has 1 saturated heterocycles. The third-order valence-electron chi connectivity index (χ3n) is 3.75. The molecule has 0 saturated carbocycles. The molecule has 0 bridgehead atoms. The Morgan fingerprint density at radius 3 is 2.35 bits per heavy atom. The van der Waals surface area contributed by atoms with E-state index < -0.39 is 21.9 Å². The van der Waals surface area contributed by atoms with Gasteiger partial charge in [-0.2, -0.15) is 4.31 Å². The van der Waals surface area contributed by atoms with Crippen LogP contribution in [0.4, 0.5) is 0 Å². The van der Waals surface area contributed by atoms with Crippen LogP contribution >= 0.6 is 0 Å². The van der Waals surface area contributed by atoms with Crippen molar-refractivity contribution < 1.29 is 18.3 Å². The van der Waals surface area contributed by atoms with Crippen LogP contribution in [0.1, 0.15) is 24.0 Å². The van der Waals surface area contributed by atoms with Crippen LogP contribution in [0.15, 0.2) is 23.1 Å². The highest BCUT2D eigenvalue weighted by Gasteiger charge is 2.32. The van der Waals surface area contributed by atoms with Crippen molar-refractivity contribution in [2.24, 2.45) is 5.92 Å². The van der Waals surface area contributed by atoms with E-state index in [1.54, 1.807) is 19.1 Å². The molecule has 20 heavy (non-hydrogen) atoms. The van der Waals surface area contributed by atoms with E-state index in [4.69, 9.17) is 5.11 Å². The zero-order valence-corrected chi connectivity index (χ0v) is 12.5. The highest BCUT2D eigenvalue weighted by Crippen LogP contribution is 2.26. The van der Waals surface area contributed by atoms with Crippen LogP contribution < -0.4 is 0 Å². The molecule has 0 amide bonds. The molecule has 2 rings (SSSR count). The van der Waals surface area contributed by atoms with Crippen molar-refractivity contribution in [2.45, 2.75) is 31.6 Å². The lowest BCUT2D eigenvalue weighted by Gasteiger charge is -2.29.